The van der Waals surface area contributed by atoms with E-state index in [0.29, 0.717) is 5.92 Å². The Morgan fingerprint density at radius 3 is 2.65 bits per heavy atom. The lowest BCUT2D eigenvalue weighted by Crippen LogP contribution is -2.21. The second kappa shape index (κ2) is 6.82. The molecule has 0 aromatic heterocycles. The van der Waals surface area contributed by atoms with E-state index < -0.39 is 0 Å². The fourth-order valence-electron chi connectivity index (χ4n) is 2.58. The number of halogens is 1. The maximum Gasteiger partial charge on any atom is 0.0642 e. The first-order chi connectivity index (χ1) is 9.47. The molecule has 2 rings (SSSR count). The summed E-state index contributed by atoms with van der Waals surface area (Å²) in [4.78, 5) is 2.29. The molecule has 0 heterocycles. The second-order valence-electron chi connectivity index (χ2n) is 6.66. The summed E-state index contributed by atoms with van der Waals surface area (Å²) >= 11 is 6.44. The van der Waals surface area contributed by atoms with Gasteiger partial charge in [-0.2, -0.15) is 0 Å². The van der Waals surface area contributed by atoms with Gasteiger partial charge in [0.15, 0.2) is 0 Å². The van der Waals surface area contributed by atoms with Gasteiger partial charge in [-0.25, -0.2) is 0 Å². The highest BCUT2D eigenvalue weighted by Crippen LogP contribution is 2.39. The smallest absolute Gasteiger partial charge is 0.0642 e. The van der Waals surface area contributed by atoms with E-state index in [2.05, 4.69) is 56.2 Å². The Kier molecular flexibility index (Phi) is 5.34. The maximum absolute atomic E-state index is 6.44. The van der Waals surface area contributed by atoms with Crippen molar-refractivity contribution in [3.05, 3.63) is 28.8 Å². The van der Waals surface area contributed by atoms with E-state index in [1.807, 2.05) is 0 Å². The summed E-state index contributed by atoms with van der Waals surface area (Å²) in [5.74, 6) is 2.41. The molecule has 1 saturated carbocycles. The first-order valence-corrected chi connectivity index (χ1v) is 8.05. The van der Waals surface area contributed by atoms with Crippen molar-refractivity contribution < 1.29 is 0 Å². The molecule has 1 fully saturated rings. The van der Waals surface area contributed by atoms with Crippen molar-refractivity contribution >= 4 is 17.3 Å². The average Bonchev–Trinajstić information content (AvgIpc) is 3.04. The number of hydrogen-bond donors (Lipinski definition) is 1. The number of anilines is 1. The minimum absolute atomic E-state index is 0.677. The average molecular weight is 295 g/mol. The van der Waals surface area contributed by atoms with Crippen LogP contribution in [-0.4, -0.2) is 20.1 Å². The summed E-state index contributed by atoms with van der Waals surface area (Å²) in [7, 11) is 2.14. The molecule has 1 aromatic carbocycles. The van der Waals surface area contributed by atoms with Crippen LogP contribution >= 0.6 is 11.6 Å². The van der Waals surface area contributed by atoms with Gasteiger partial charge in [0, 0.05) is 20.1 Å². The van der Waals surface area contributed by atoms with Crippen LogP contribution in [0.5, 0.6) is 0 Å². The van der Waals surface area contributed by atoms with E-state index in [0.717, 1.165) is 42.2 Å². The number of rotatable bonds is 7. The molecule has 0 spiro atoms. The lowest BCUT2D eigenvalue weighted by molar-refractivity contribution is 0.552. The van der Waals surface area contributed by atoms with Crippen LogP contribution < -0.4 is 10.2 Å². The predicted molar refractivity (Wildman–Crippen MR) is 88.5 cm³/mol. The topological polar surface area (TPSA) is 15.3 Å². The van der Waals surface area contributed by atoms with Crippen molar-refractivity contribution in [2.45, 2.75) is 33.7 Å². The fourth-order valence-corrected chi connectivity index (χ4v) is 2.93. The van der Waals surface area contributed by atoms with E-state index >= 15 is 0 Å². The molecule has 0 amide bonds. The molecule has 2 unspecified atom stereocenters. The molecule has 0 radical (unpaired) electrons. The largest absolute Gasteiger partial charge is 0.373 e. The van der Waals surface area contributed by atoms with Gasteiger partial charge in [-0.1, -0.05) is 38.4 Å². The van der Waals surface area contributed by atoms with Gasteiger partial charge < -0.3 is 10.2 Å². The second-order valence-corrected chi connectivity index (χ2v) is 7.07. The van der Waals surface area contributed by atoms with Crippen LogP contribution in [0.2, 0.25) is 5.02 Å². The molecule has 3 heteroatoms. The third kappa shape index (κ3) is 4.39. The molecular weight excluding hydrogens is 268 g/mol. The predicted octanol–water partition coefficient (Wildman–Crippen LogP) is 4.18. The minimum atomic E-state index is 0.677. The van der Waals surface area contributed by atoms with E-state index in [9.17, 15) is 0 Å². The number of nitrogens with one attached hydrogen (secondary N) is 1. The van der Waals surface area contributed by atoms with Crippen molar-refractivity contribution in [3.63, 3.8) is 0 Å². The molecule has 2 nitrogen and oxygen atoms in total. The molecule has 1 aromatic rings. The van der Waals surface area contributed by atoms with Gasteiger partial charge in [-0.15, -0.1) is 0 Å². The van der Waals surface area contributed by atoms with Crippen LogP contribution in [0.4, 0.5) is 5.69 Å². The molecule has 0 aliphatic heterocycles. The molecule has 0 bridgehead atoms. The first-order valence-electron chi connectivity index (χ1n) is 7.67. The quantitative estimate of drug-likeness (QED) is 0.811. The number of benzene rings is 1. The van der Waals surface area contributed by atoms with E-state index in [1.165, 1.54) is 12.0 Å². The zero-order valence-corrected chi connectivity index (χ0v) is 13.9. The molecule has 0 saturated heterocycles. The van der Waals surface area contributed by atoms with E-state index in [1.54, 1.807) is 0 Å². The Balaban J connectivity index is 1.91. The Hall–Kier alpha value is -0.730. The Labute approximate surface area is 128 Å². The SMILES string of the molecule is CC(C)CNCc1ccc(N(C)CC2CC2C)c(Cl)c1. The fraction of sp³-hybridized carbons (Fsp3) is 0.647. The molecule has 1 aliphatic rings. The highest BCUT2D eigenvalue weighted by molar-refractivity contribution is 6.33. The van der Waals surface area contributed by atoms with Gasteiger partial charge in [0.25, 0.3) is 0 Å². The van der Waals surface area contributed by atoms with Gasteiger partial charge in [0.05, 0.1) is 10.7 Å². The summed E-state index contributed by atoms with van der Waals surface area (Å²) in [6, 6.07) is 6.43. The van der Waals surface area contributed by atoms with Crippen LogP contribution in [0.15, 0.2) is 18.2 Å². The van der Waals surface area contributed by atoms with Crippen molar-refractivity contribution in [1.82, 2.24) is 5.32 Å². The molecule has 112 valence electrons. The standard InChI is InChI=1S/C17H27ClN2/c1-12(2)9-19-10-14-5-6-17(16(18)8-14)20(4)11-15-7-13(15)3/h5-6,8,12-13,15,19H,7,9-11H2,1-4H3. The summed E-state index contributed by atoms with van der Waals surface area (Å²) < 4.78 is 0. The Bertz CT molecular complexity index is 445. The van der Waals surface area contributed by atoms with E-state index in [4.69, 9.17) is 11.6 Å². The van der Waals surface area contributed by atoms with E-state index in [-0.39, 0.29) is 0 Å². The summed E-state index contributed by atoms with van der Waals surface area (Å²) in [6.07, 6.45) is 1.36. The van der Waals surface area contributed by atoms with Gasteiger partial charge in [0.2, 0.25) is 0 Å². The van der Waals surface area contributed by atoms with Gasteiger partial charge in [0.1, 0.15) is 0 Å². The van der Waals surface area contributed by atoms with Crippen LogP contribution in [0.25, 0.3) is 0 Å². The van der Waals surface area contributed by atoms with Crippen LogP contribution in [-0.2, 0) is 6.54 Å². The summed E-state index contributed by atoms with van der Waals surface area (Å²) in [5, 5.41) is 4.32. The number of hydrogen-bond acceptors (Lipinski definition) is 2. The molecule has 1 N–H and O–H groups in total. The van der Waals surface area contributed by atoms with Gasteiger partial charge >= 0.3 is 0 Å². The highest BCUT2D eigenvalue weighted by Gasteiger charge is 2.33. The van der Waals surface area contributed by atoms with Crippen molar-refractivity contribution in [2.24, 2.45) is 17.8 Å². The van der Waals surface area contributed by atoms with Crippen molar-refractivity contribution in [1.29, 1.82) is 0 Å². The first kappa shape index (κ1) is 15.7. The summed E-state index contributed by atoms with van der Waals surface area (Å²) in [6.45, 7) is 9.81. The Morgan fingerprint density at radius 1 is 1.40 bits per heavy atom. The third-order valence-electron chi connectivity index (χ3n) is 4.09. The zero-order chi connectivity index (χ0) is 14.7. The lowest BCUT2D eigenvalue weighted by atomic mass is 10.1. The molecule has 1 aliphatic carbocycles. The molecule has 2 atom stereocenters. The van der Waals surface area contributed by atoms with Crippen molar-refractivity contribution in [2.75, 3.05) is 25.0 Å². The zero-order valence-electron chi connectivity index (χ0n) is 13.1. The minimum Gasteiger partial charge on any atom is -0.373 e. The van der Waals surface area contributed by atoms with Crippen molar-refractivity contribution in [3.8, 4) is 0 Å². The van der Waals surface area contributed by atoms with Crippen LogP contribution in [0.3, 0.4) is 0 Å². The van der Waals surface area contributed by atoms with Gasteiger partial charge in [-0.3, -0.25) is 0 Å². The van der Waals surface area contributed by atoms with Gasteiger partial charge in [-0.05, 0) is 48.4 Å². The third-order valence-corrected chi connectivity index (χ3v) is 4.39. The maximum atomic E-state index is 6.44. The lowest BCUT2D eigenvalue weighted by Gasteiger charge is -2.21. The Morgan fingerprint density at radius 2 is 2.10 bits per heavy atom. The molecular formula is C17H27ClN2. The van der Waals surface area contributed by atoms with Crippen LogP contribution in [0.1, 0.15) is 32.8 Å². The summed E-state index contributed by atoms with van der Waals surface area (Å²) in [5.41, 5.74) is 2.41. The molecule has 20 heavy (non-hydrogen) atoms. The number of nitrogens with zero attached hydrogens (tertiary/aromatic N) is 1. The van der Waals surface area contributed by atoms with Crippen LogP contribution in [0, 0.1) is 17.8 Å². The highest BCUT2D eigenvalue weighted by atomic mass is 35.5. The monoisotopic (exact) mass is 294 g/mol. The normalized spacial score (nSPS) is 21.3.